The third kappa shape index (κ3) is 3.44. The Morgan fingerprint density at radius 1 is 1.12 bits per heavy atom. The summed E-state index contributed by atoms with van der Waals surface area (Å²) in [5.41, 5.74) is 0. The lowest BCUT2D eigenvalue weighted by molar-refractivity contribution is -0.136. The molecule has 1 aliphatic heterocycles. The molecule has 1 N–H and O–H groups in total. The Morgan fingerprint density at radius 3 is 2.53 bits per heavy atom. The Morgan fingerprint density at radius 2 is 1.82 bits per heavy atom. The number of carbonyl (C=O) groups is 1. The number of hydrogen-bond acceptors (Lipinski definition) is 2. The van der Waals surface area contributed by atoms with Crippen LogP contribution in [0.2, 0.25) is 0 Å². The SMILES string of the molecule is O=C(CCC1CCCC1)N1CCCCC1CO. The van der Waals surface area contributed by atoms with Crippen LogP contribution in [0.4, 0.5) is 0 Å². The normalized spacial score (nSPS) is 26.4. The molecule has 3 heteroatoms. The Hall–Kier alpha value is -0.570. The Kier molecular flexibility index (Phi) is 4.84. The van der Waals surface area contributed by atoms with E-state index in [0.717, 1.165) is 38.1 Å². The summed E-state index contributed by atoms with van der Waals surface area (Å²) in [5.74, 6) is 1.06. The van der Waals surface area contributed by atoms with E-state index in [0.29, 0.717) is 6.42 Å². The first kappa shape index (κ1) is 12.9. The van der Waals surface area contributed by atoms with Crippen molar-refractivity contribution in [2.45, 2.75) is 63.8 Å². The minimum atomic E-state index is 0.0971. The second-order valence-electron chi connectivity index (χ2n) is 5.61. The molecule has 1 saturated carbocycles. The van der Waals surface area contributed by atoms with Crippen molar-refractivity contribution < 1.29 is 9.90 Å². The van der Waals surface area contributed by atoms with E-state index in [1.54, 1.807) is 0 Å². The molecule has 1 amide bonds. The maximum atomic E-state index is 12.1. The predicted octanol–water partition coefficient (Wildman–Crippen LogP) is 2.33. The minimum absolute atomic E-state index is 0.0971. The molecule has 17 heavy (non-hydrogen) atoms. The standard InChI is InChI=1S/C14H25NO2/c16-11-13-7-3-4-10-15(13)14(17)9-8-12-5-1-2-6-12/h12-13,16H,1-11H2. The fourth-order valence-electron chi connectivity index (χ4n) is 3.29. The molecule has 1 atom stereocenters. The van der Waals surface area contributed by atoms with Gasteiger partial charge in [-0.25, -0.2) is 0 Å². The van der Waals surface area contributed by atoms with Crippen LogP contribution in [-0.4, -0.2) is 35.1 Å². The first-order valence-electron chi connectivity index (χ1n) is 7.21. The van der Waals surface area contributed by atoms with Gasteiger partial charge in [0.05, 0.1) is 12.6 Å². The minimum Gasteiger partial charge on any atom is -0.394 e. The maximum absolute atomic E-state index is 12.1. The summed E-state index contributed by atoms with van der Waals surface area (Å²) in [5, 5.41) is 9.30. The fourth-order valence-corrected chi connectivity index (χ4v) is 3.29. The van der Waals surface area contributed by atoms with Crippen molar-refractivity contribution in [3.8, 4) is 0 Å². The highest BCUT2D eigenvalue weighted by Crippen LogP contribution is 2.29. The summed E-state index contributed by atoms with van der Waals surface area (Å²) >= 11 is 0. The number of rotatable bonds is 4. The summed E-state index contributed by atoms with van der Waals surface area (Å²) in [6, 6.07) is 0.0971. The molecule has 98 valence electrons. The van der Waals surface area contributed by atoms with Crippen molar-refractivity contribution in [2.75, 3.05) is 13.2 Å². The van der Waals surface area contributed by atoms with Gasteiger partial charge in [-0.15, -0.1) is 0 Å². The average molecular weight is 239 g/mol. The van der Waals surface area contributed by atoms with Crippen molar-refractivity contribution in [1.29, 1.82) is 0 Å². The van der Waals surface area contributed by atoms with Gasteiger partial charge in [-0.1, -0.05) is 25.7 Å². The van der Waals surface area contributed by atoms with E-state index in [1.807, 2.05) is 4.90 Å². The number of hydrogen-bond donors (Lipinski definition) is 1. The highest BCUT2D eigenvalue weighted by Gasteiger charge is 2.26. The molecule has 3 nitrogen and oxygen atoms in total. The predicted molar refractivity (Wildman–Crippen MR) is 67.6 cm³/mol. The summed E-state index contributed by atoms with van der Waals surface area (Å²) in [4.78, 5) is 14.1. The molecule has 2 rings (SSSR count). The summed E-state index contributed by atoms with van der Waals surface area (Å²) < 4.78 is 0. The zero-order chi connectivity index (χ0) is 12.1. The van der Waals surface area contributed by atoms with Crippen LogP contribution >= 0.6 is 0 Å². The van der Waals surface area contributed by atoms with Gasteiger partial charge in [0.2, 0.25) is 5.91 Å². The molecule has 2 fully saturated rings. The molecular weight excluding hydrogens is 214 g/mol. The molecule has 0 spiro atoms. The van der Waals surface area contributed by atoms with Crippen molar-refractivity contribution >= 4 is 5.91 Å². The number of aliphatic hydroxyl groups excluding tert-OH is 1. The number of aliphatic hydroxyl groups is 1. The van der Waals surface area contributed by atoms with E-state index in [4.69, 9.17) is 0 Å². The molecule has 0 bridgehead atoms. The van der Waals surface area contributed by atoms with Gasteiger partial charge in [0.15, 0.2) is 0 Å². The van der Waals surface area contributed by atoms with E-state index < -0.39 is 0 Å². The van der Waals surface area contributed by atoms with Crippen LogP contribution in [-0.2, 0) is 4.79 Å². The summed E-state index contributed by atoms with van der Waals surface area (Å²) in [6.07, 6.45) is 10.3. The average Bonchev–Trinajstić information content (AvgIpc) is 2.89. The van der Waals surface area contributed by atoms with Crippen molar-refractivity contribution in [3.05, 3.63) is 0 Å². The molecule has 0 radical (unpaired) electrons. The quantitative estimate of drug-likeness (QED) is 0.818. The first-order valence-corrected chi connectivity index (χ1v) is 7.21. The fraction of sp³-hybridized carbons (Fsp3) is 0.929. The molecule has 1 heterocycles. The number of nitrogens with zero attached hydrogens (tertiary/aromatic N) is 1. The van der Waals surface area contributed by atoms with Crippen LogP contribution in [0, 0.1) is 5.92 Å². The third-order valence-corrected chi connectivity index (χ3v) is 4.40. The lowest BCUT2D eigenvalue weighted by atomic mass is 9.99. The number of amides is 1. The van der Waals surface area contributed by atoms with Gasteiger partial charge in [0, 0.05) is 13.0 Å². The van der Waals surface area contributed by atoms with E-state index in [-0.39, 0.29) is 18.6 Å². The second-order valence-corrected chi connectivity index (χ2v) is 5.61. The molecule has 1 unspecified atom stereocenters. The van der Waals surface area contributed by atoms with Crippen LogP contribution in [0.25, 0.3) is 0 Å². The molecule has 0 aromatic heterocycles. The molecule has 1 saturated heterocycles. The lowest BCUT2D eigenvalue weighted by Crippen LogP contribution is -2.45. The van der Waals surface area contributed by atoms with E-state index in [1.165, 1.54) is 25.7 Å². The topological polar surface area (TPSA) is 40.5 Å². The molecular formula is C14H25NO2. The van der Waals surface area contributed by atoms with Crippen LogP contribution in [0.5, 0.6) is 0 Å². The molecule has 0 aromatic carbocycles. The molecule has 2 aliphatic rings. The number of carbonyl (C=O) groups excluding carboxylic acids is 1. The largest absolute Gasteiger partial charge is 0.394 e. The molecule has 1 aliphatic carbocycles. The Bertz CT molecular complexity index is 249. The van der Waals surface area contributed by atoms with Gasteiger partial charge >= 0.3 is 0 Å². The summed E-state index contributed by atoms with van der Waals surface area (Å²) in [7, 11) is 0. The van der Waals surface area contributed by atoms with Crippen molar-refractivity contribution in [1.82, 2.24) is 4.90 Å². The number of likely N-dealkylation sites (tertiary alicyclic amines) is 1. The van der Waals surface area contributed by atoms with Crippen molar-refractivity contribution in [3.63, 3.8) is 0 Å². The summed E-state index contributed by atoms with van der Waals surface area (Å²) in [6.45, 7) is 0.990. The zero-order valence-electron chi connectivity index (χ0n) is 10.7. The Labute approximate surface area is 104 Å². The van der Waals surface area contributed by atoms with E-state index >= 15 is 0 Å². The van der Waals surface area contributed by atoms with Crippen LogP contribution in [0.1, 0.15) is 57.8 Å². The van der Waals surface area contributed by atoms with Gasteiger partial charge < -0.3 is 10.0 Å². The van der Waals surface area contributed by atoms with Gasteiger partial charge in [-0.2, -0.15) is 0 Å². The van der Waals surface area contributed by atoms with Gasteiger partial charge in [0.1, 0.15) is 0 Å². The van der Waals surface area contributed by atoms with E-state index in [2.05, 4.69) is 0 Å². The highest BCUT2D eigenvalue weighted by molar-refractivity contribution is 5.76. The van der Waals surface area contributed by atoms with Gasteiger partial charge in [-0.05, 0) is 31.6 Å². The lowest BCUT2D eigenvalue weighted by Gasteiger charge is -2.35. The maximum Gasteiger partial charge on any atom is 0.222 e. The van der Waals surface area contributed by atoms with Crippen LogP contribution < -0.4 is 0 Å². The Balaban J connectivity index is 1.76. The highest BCUT2D eigenvalue weighted by atomic mass is 16.3. The number of piperidine rings is 1. The van der Waals surface area contributed by atoms with E-state index in [9.17, 15) is 9.90 Å². The molecule has 0 aromatic rings. The van der Waals surface area contributed by atoms with Gasteiger partial charge in [-0.3, -0.25) is 4.79 Å². The smallest absolute Gasteiger partial charge is 0.222 e. The zero-order valence-corrected chi connectivity index (χ0v) is 10.7. The van der Waals surface area contributed by atoms with Crippen molar-refractivity contribution in [2.24, 2.45) is 5.92 Å². The second kappa shape index (κ2) is 6.39. The third-order valence-electron chi connectivity index (χ3n) is 4.40. The van der Waals surface area contributed by atoms with Gasteiger partial charge in [0.25, 0.3) is 0 Å². The van der Waals surface area contributed by atoms with Crippen LogP contribution in [0.3, 0.4) is 0 Å². The van der Waals surface area contributed by atoms with Crippen LogP contribution in [0.15, 0.2) is 0 Å². The monoisotopic (exact) mass is 239 g/mol. The first-order chi connectivity index (χ1) is 8.31.